The van der Waals surface area contributed by atoms with Gasteiger partial charge in [-0.3, -0.25) is 14.6 Å². The van der Waals surface area contributed by atoms with Crippen molar-refractivity contribution in [2.75, 3.05) is 20.6 Å². The Balaban J connectivity index is 1.91. The number of thiazole rings is 1. The lowest BCUT2D eigenvalue weighted by Gasteiger charge is -2.10. The Hall–Kier alpha value is -2.28. The SMILES string of the molecule is CN(C)C(=O)CNC(=O)Cc1csc(-c2cccnc2)n1. The maximum atomic E-state index is 11.8. The molecule has 2 amide bonds. The number of nitrogens with one attached hydrogen (secondary N) is 1. The van der Waals surface area contributed by atoms with Crippen LogP contribution in [0.15, 0.2) is 29.9 Å². The Bertz CT molecular complexity index is 625. The van der Waals surface area contributed by atoms with Gasteiger partial charge in [-0.15, -0.1) is 11.3 Å². The molecule has 7 heteroatoms. The van der Waals surface area contributed by atoms with Gasteiger partial charge in [0.15, 0.2) is 0 Å². The maximum absolute atomic E-state index is 11.8. The van der Waals surface area contributed by atoms with Gasteiger partial charge < -0.3 is 10.2 Å². The van der Waals surface area contributed by atoms with Crippen LogP contribution in [-0.4, -0.2) is 47.3 Å². The van der Waals surface area contributed by atoms with Crippen LogP contribution in [-0.2, 0) is 16.0 Å². The first-order valence-electron chi connectivity index (χ1n) is 6.38. The standard InChI is InChI=1S/C14H16N4O2S/c1-18(2)13(20)8-16-12(19)6-11-9-21-14(17-11)10-4-3-5-15-7-10/h3-5,7,9H,6,8H2,1-2H3,(H,16,19). The fraction of sp³-hybridized carbons (Fsp3) is 0.286. The fourth-order valence-corrected chi connectivity index (χ4v) is 2.38. The Morgan fingerprint density at radius 2 is 2.19 bits per heavy atom. The number of nitrogens with zero attached hydrogens (tertiary/aromatic N) is 3. The normalized spacial score (nSPS) is 10.2. The third-order valence-electron chi connectivity index (χ3n) is 2.74. The van der Waals surface area contributed by atoms with Crippen LogP contribution in [0.2, 0.25) is 0 Å². The van der Waals surface area contributed by atoms with Crippen LogP contribution in [0.25, 0.3) is 10.6 Å². The molecule has 0 aliphatic rings. The Kier molecular flexibility index (Phi) is 4.99. The summed E-state index contributed by atoms with van der Waals surface area (Å²) >= 11 is 1.47. The van der Waals surface area contributed by atoms with Crippen LogP contribution in [0, 0.1) is 0 Å². The van der Waals surface area contributed by atoms with Gasteiger partial charge in [0.2, 0.25) is 11.8 Å². The zero-order chi connectivity index (χ0) is 15.2. The molecule has 2 aromatic heterocycles. The Morgan fingerprint density at radius 3 is 2.86 bits per heavy atom. The topological polar surface area (TPSA) is 75.2 Å². The van der Waals surface area contributed by atoms with Crippen LogP contribution in [0.1, 0.15) is 5.69 Å². The summed E-state index contributed by atoms with van der Waals surface area (Å²) in [6.07, 6.45) is 3.60. The number of amides is 2. The van der Waals surface area contributed by atoms with E-state index in [0.29, 0.717) is 5.69 Å². The summed E-state index contributed by atoms with van der Waals surface area (Å²) in [5.41, 5.74) is 1.62. The molecular formula is C14H16N4O2S. The van der Waals surface area contributed by atoms with Gasteiger partial charge in [0.05, 0.1) is 18.7 Å². The van der Waals surface area contributed by atoms with Gasteiger partial charge in [0.1, 0.15) is 5.01 Å². The average Bonchev–Trinajstić information content (AvgIpc) is 2.94. The minimum atomic E-state index is -0.215. The minimum absolute atomic E-state index is 0.00539. The third kappa shape index (κ3) is 4.35. The first kappa shape index (κ1) is 15.1. The number of pyridine rings is 1. The molecule has 0 saturated heterocycles. The van der Waals surface area contributed by atoms with Crippen molar-refractivity contribution in [1.29, 1.82) is 0 Å². The van der Waals surface area contributed by atoms with Crippen LogP contribution >= 0.6 is 11.3 Å². The molecule has 6 nitrogen and oxygen atoms in total. The first-order valence-corrected chi connectivity index (χ1v) is 7.26. The van der Waals surface area contributed by atoms with Crippen molar-refractivity contribution in [3.8, 4) is 10.6 Å². The number of aromatic nitrogens is 2. The van der Waals surface area contributed by atoms with E-state index in [1.54, 1.807) is 26.5 Å². The first-order chi connectivity index (χ1) is 10.1. The highest BCUT2D eigenvalue weighted by Gasteiger charge is 2.11. The zero-order valence-corrected chi connectivity index (χ0v) is 12.7. The second kappa shape index (κ2) is 6.94. The molecule has 0 unspecified atom stereocenters. The van der Waals surface area contributed by atoms with Crippen LogP contribution < -0.4 is 5.32 Å². The van der Waals surface area contributed by atoms with E-state index in [2.05, 4.69) is 15.3 Å². The monoisotopic (exact) mass is 304 g/mol. The van der Waals surface area contributed by atoms with E-state index in [9.17, 15) is 9.59 Å². The van der Waals surface area contributed by atoms with Gasteiger partial charge in [0.25, 0.3) is 0 Å². The molecule has 0 saturated carbocycles. The molecule has 2 aromatic rings. The predicted octanol–water partition coefficient (Wildman–Crippen LogP) is 0.952. The molecular weight excluding hydrogens is 288 g/mol. The lowest BCUT2D eigenvalue weighted by Crippen LogP contribution is -2.36. The molecule has 110 valence electrons. The number of hydrogen-bond donors (Lipinski definition) is 1. The van der Waals surface area contributed by atoms with Crippen LogP contribution in [0.4, 0.5) is 0 Å². The van der Waals surface area contributed by atoms with Gasteiger partial charge in [-0.25, -0.2) is 4.98 Å². The third-order valence-corrected chi connectivity index (χ3v) is 3.68. The van der Waals surface area contributed by atoms with Crippen molar-refractivity contribution in [1.82, 2.24) is 20.2 Å². The summed E-state index contributed by atoms with van der Waals surface area (Å²) in [5.74, 6) is -0.356. The molecule has 0 spiro atoms. The molecule has 0 atom stereocenters. The van der Waals surface area contributed by atoms with Gasteiger partial charge in [-0.1, -0.05) is 0 Å². The molecule has 2 rings (SSSR count). The second-order valence-corrected chi connectivity index (χ2v) is 5.49. The smallest absolute Gasteiger partial charge is 0.241 e. The average molecular weight is 304 g/mol. The van der Waals surface area contributed by atoms with Crippen molar-refractivity contribution >= 4 is 23.2 Å². The van der Waals surface area contributed by atoms with Gasteiger partial charge >= 0.3 is 0 Å². The summed E-state index contributed by atoms with van der Waals surface area (Å²) in [6.45, 7) is 0.00539. The molecule has 0 fully saturated rings. The predicted molar refractivity (Wildman–Crippen MR) is 80.8 cm³/mol. The van der Waals surface area contributed by atoms with E-state index in [1.165, 1.54) is 16.2 Å². The van der Waals surface area contributed by atoms with Gasteiger partial charge in [0, 0.05) is 37.4 Å². The lowest BCUT2D eigenvalue weighted by molar-refractivity contribution is -0.130. The minimum Gasteiger partial charge on any atom is -0.347 e. The second-order valence-electron chi connectivity index (χ2n) is 4.63. The fourth-order valence-electron chi connectivity index (χ4n) is 1.57. The maximum Gasteiger partial charge on any atom is 0.241 e. The van der Waals surface area contributed by atoms with E-state index in [4.69, 9.17) is 0 Å². The van der Waals surface area contributed by atoms with E-state index < -0.39 is 0 Å². The number of likely N-dealkylation sites (N-methyl/N-ethyl adjacent to an activating group) is 1. The quantitative estimate of drug-likeness (QED) is 0.892. The highest BCUT2D eigenvalue weighted by molar-refractivity contribution is 7.13. The molecule has 0 radical (unpaired) electrons. The Labute approximate surface area is 126 Å². The molecule has 1 N–H and O–H groups in total. The van der Waals surface area contributed by atoms with Crippen LogP contribution in [0.3, 0.4) is 0 Å². The largest absolute Gasteiger partial charge is 0.347 e. The molecule has 0 aliphatic carbocycles. The zero-order valence-electron chi connectivity index (χ0n) is 11.9. The highest BCUT2D eigenvalue weighted by atomic mass is 32.1. The number of hydrogen-bond acceptors (Lipinski definition) is 5. The van der Waals surface area contributed by atoms with E-state index in [-0.39, 0.29) is 24.8 Å². The van der Waals surface area contributed by atoms with Crippen molar-refractivity contribution in [3.63, 3.8) is 0 Å². The summed E-state index contributed by atoms with van der Waals surface area (Å²) in [6, 6.07) is 3.77. The number of carbonyl (C=O) groups excluding carboxylic acids is 2. The van der Waals surface area contributed by atoms with Crippen molar-refractivity contribution < 1.29 is 9.59 Å². The van der Waals surface area contributed by atoms with E-state index in [1.807, 2.05) is 17.5 Å². The summed E-state index contributed by atoms with van der Waals surface area (Å²) in [7, 11) is 3.30. The van der Waals surface area contributed by atoms with Gasteiger partial charge in [-0.2, -0.15) is 0 Å². The van der Waals surface area contributed by atoms with Crippen molar-refractivity contribution in [3.05, 3.63) is 35.6 Å². The Morgan fingerprint density at radius 1 is 1.38 bits per heavy atom. The lowest BCUT2D eigenvalue weighted by atomic mass is 10.3. The van der Waals surface area contributed by atoms with E-state index >= 15 is 0 Å². The molecule has 0 bridgehead atoms. The van der Waals surface area contributed by atoms with Crippen molar-refractivity contribution in [2.45, 2.75) is 6.42 Å². The summed E-state index contributed by atoms with van der Waals surface area (Å²) in [5, 5.41) is 5.26. The molecule has 21 heavy (non-hydrogen) atoms. The number of rotatable bonds is 5. The summed E-state index contributed by atoms with van der Waals surface area (Å²) < 4.78 is 0. The molecule has 2 heterocycles. The summed E-state index contributed by atoms with van der Waals surface area (Å²) in [4.78, 5) is 33.0. The van der Waals surface area contributed by atoms with E-state index in [0.717, 1.165) is 10.6 Å². The van der Waals surface area contributed by atoms with Crippen LogP contribution in [0.5, 0.6) is 0 Å². The highest BCUT2D eigenvalue weighted by Crippen LogP contribution is 2.22. The number of carbonyl (C=O) groups is 2. The molecule has 0 aromatic carbocycles. The van der Waals surface area contributed by atoms with Crippen molar-refractivity contribution in [2.24, 2.45) is 0 Å². The van der Waals surface area contributed by atoms with Gasteiger partial charge in [-0.05, 0) is 12.1 Å². The molecule has 0 aliphatic heterocycles.